The van der Waals surface area contributed by atoms with E-state index < -0.39 is 26.5 Å². The van der Waals surface area contributed by atoms with Crippen LogP contribution < -0.4 is 5.32 Å². The Kier molecular flexibility index (Phi) is 14.5. The Morgan fingerprint density at radius 2 is 1.77 bits per heavy atom. The number of aliphatic hydroxyl groups excluding tert-OH is 1. The number of hydrogen-bond acceptors (Lipinski definition) is 7. The summed E-state index contributed by atoms with van der Waals surface area (Å²) in [5.41, 5.74) is 0. The number of rotatable bonds is 16. The summed E-state index contributed by atoms with van der Waals surface area (Å²) in [6.45, 7) is 2.82. The normalized spacial score (nSPS) is 14.5. The maximum Gasteiger partial charge on any atom is 0.472 e. The number of hydrogen-bond donors (Lipinski definition) is 3. The van der Waals surface area contributed by atoms with Gasteiger partial charge in [-0.1, -0.05) is 39.5 Å². The average molecular weight is 397 g/mol. The van der Waals surface area contributed by atoms with Crippen LogP contribution in [0, 0.1) is 0 Å². The van der Waals surface area contributed by atoms with Gasteiger partial charge in [-0.3, -0.25) is 18.6 Å². The van der Waals surface area contributed by atoms with Gasteiger partial charge >= 0.3 is 13.8 Å². The highest BCUT2D eigenvalue weighted by atomic mass is 31.2. The summed E-state index contributed by atoms with van der Waals surface area (Å²) in [4.78, 5) is 31.9. The lowest BCUT2D eigenvalue weighted by Gasteiger charge is -2.15. The van der Waals surface area contributed by atoms with Crippen molar-refractivity contribution < 1.29 is 37.9 Å². The summed E-state index contributed by atoms with van der Waals surface area (Å²) in [7, 11) is -4.34. The van der Waals surface area contributed by atoms with Gasteiger partial charge in [-0.2, -0.15) is 0 Å². The summed E-state index contributed by atoms with van der Waals surface area (Å²) in [5, 5.41) is 12.1. The molecular formula is C16H32NO8P. The van der Waals surface area contributed by atoms with Crippen molar-refractivity contribution in [1.29, 1.82) is 0 Å². The Labute approximate surface area is 155 Å². The first-order valence-corrected chi connectivity index (χ1v) is 10.5. The van der Waals surface area contributed by atoms with Crippen LogP contribution in [0.4, 0.5) is 0 Å². The van der Waals surface area contributed by atoms with E-state index in [1.54, 1.807) is 6.92 Å². The van der Waals surface area contributed by atoms with Crippen LogP contribution in [0.15, 0.2) is 0 Å². The number of unbranched alkanes of at least 4 members (excludes halogenated alkanes) is 4. The quantitative estimate of drug-likeness (QED) is 0.204. The lowest BCUT2D eigenvalue weighted by Crippen LogP contribution is -2.26. The second-order valence-electron chi connectivity index (χ2n) is 5.80. The van der Waals surface area contributed by atoms with Crippen molar-refractivity contribution in [3.8, 4) is 0 Å². The largest absolute Gasteiger partial charge is 0.472 e. The molecule has 0 radical (unpaired) electrons. The number of nitrogens with one attached hydrogen (secondary N) is 1. The van der Waals surface area contributed by atoms with Crippen molar-refractivity contribution in [2.75, 3.05) is 26.4 Å². The van der Waals surface area contributed by atoms with E-state index in [2.05, 4.69) is 21.3 Å². The molecule has 0 spiro atoms. The van der Waals surface area contributed by atoms with Gasteiger partial charge < -0.3 is 20.1 Å². The fourth-order valence-electron chi connectivity index (χ4n) is 1.88. The van der Waals surface area contributed by atoms with Crippen molar-refractivity contribution in [3.05, 3.63) is 0 Å². The monoisotopic (exact) mass is 397 g/mol. The van der Waals surface area contributed by atoms with Crippen molar-refractivity contribution in [2.24, 2.45) is 0 Å². The minimum absolute atomic E-state index is 0.0685. The van der Waals surface area contributed by atoms with Crippen molar-refractivity contribution in [2.45, 2.75) is 64.9 Å². The van der Waals surface area contributed by atoms with Crippen LogP contribution >= 0.6 is 7.82 Å². The smallest absolute Gasteiger partial charge is 0.463 e. The van der Waals surface area contributed by atoms with Crippen molar-refractivity contribution >= 4 is 19.7 Å². The second kappa shape index (κ2) is 15.1. The predicted molar refractivity (Wildman–Crippen MR) is 95.4 cm³/mol. The zero-order valence-corrected chi connectivity index (χ0v) is 16.5. The molecule has 1 amide bonds. The zero-order valence-electron chi connectivity index (χ0n) is 15.6. The summed E-state index contributed by atoms with van der Waals surface area (Å²) < 4.78 is 25.7. The third kappa shape index (κ3) is 15.3. The topological polar surface area (TPSA) is 131 Å². The third-order valence-electron chi connectivity index (χ3n) is 3.35. The number of phosphoric ester groups is 1. The molecule has 0 heterocycles. The first kappa shape index (κ1) is 25.0. The Bertz CT molecular complexity index is 446. The Balaban J connectivity index is 3.78. The van der Waals surface area contributed by atoms with Gasteiger partial charge in [0.25, 0.3) is 0 Å². The van der Waals surface area contributed by atoms with E-state index in [0.717, 1.165) is 32.1 Å². The molecule has 0 aliphatic rings. The molecule has 0 fully saturated rings. The van der Waals surface area contributed by atoms with Gasteiger partial charge in [-0.25, -0.2) is 4.57 Å². The van der Waals surface area contributed by atoms with Gasteiger partial charge in [-0.15, -0.1) is 0 Å². The summed E-state index contributed by atoms with van der Waals surface area (Å²) in [6.07, 6.45) is 4.38. The van der Waals surface area contributed by atoms with Crippen molar-refractivity contribution in [3.63, 3.8) is 0 Å². The Morgan fingerprint density at radius 3 is 2.42 bits per heavy atom. The van der Waals surface area contributed by atoms with Crippen LogP contribution in [-0.2, 0) is 27.9 Å². The summed E-state index contributed by atoms with van der Waals surface area (Å²) in [6, 6.07) is 0. The minimum atomic E-state index is -4.34. The van der Waals surface area contributed by atoms with Gasteiger partial charge in [-0.05, 0) is 6.42 Å². The zero-order chi connectivity index (χ0) is 19.8. The molecule has 0 rings (SSSR count). The standard InChI is InChI=1S/C16H32NO8P/c1-3-5-6-7-8-9-16(20)23-12-14(18)13-25-26(21,22)24-11-10-17-15(19)4-2/h14,18H,3-13H2,1-2H3,(H,17,19)(H,21,22). The fourth-order valence-corrected chi connectivity index (χ4v) is 2.63. The van der Waals surface area contributed by atoms with Crippen molar-refractivity contribution in [1.82, 2.24) is 5.32 Å². The molecule has 2 unspecified atom stereocenters. The van der Waals surface area contributed by atoms with E-state index in [9.17, 15) is 24.2 Å². The van der Waals surface area contributed by atoms with Crippen LogP contribution in [0.3, 0.4) is 0 Å². The number of phosphoric acid groups is 1. The molecule has 0 saturated heterocycles. The van der Waals surface area contributed by atoms with Crippen LogP contribution in [0.2, 0.25) is 0 Å². The van der Waals surface area contributed by atoms with Crippen LogP contribution in [0.1, 0.15) is 58.8 Å². The van der Waals surface area contributed by atoms with E-state index >= 15 is 0 Å². The first-order chi connectivity index (χ1) is 12.3. The molecule has 9 nitrogen and oxygen atoms in total. The molecule has 0 aromatic rings. The van der Waals surface area contributed by atoms with Gasteiger partial charge in [0.15, 0.2) is 0 Å². The fraction of sp³-hybridized carbons (Fsp3) is 0.875. The van der Waals surface area contributed by atoms with Gasteiger partial charge in [0.1, 0.15) is 12.7 Å². The highest BCUT2D eigenvalue weighted by molar-refractivity contribution is 7.47. The molecule has 0 aromatic heterocycles. The third-order valence-corrected chi connectivity index (χ3v) is 4.34. The number of ether oxygens (including phenoxy) is 1. The van der Waals surface area contributed by atoms with Crippen LogP contribution in [-0.4, -0.2) is 54.3 Å². The molecule has 0 saturated carbocycles. The lowest BCUT2D eigenvalue weighted by molar-refractivity contribution is -0.147. The molecule has 3 N–H and O–H groups in total. The minimum Gasteiger partial charge on any atom is -0.463 e. The second-order valence-corrected chi connectivity index (χ2v) is 7.26. The molecule has 26 heavy (non-hydrogen) atoms. The number of aliphatic hydroxyl groups is 1. The average Bonchev–Trinajstić information content (AvgIpc) is 2.61. The molecule has 0 aliphatic heterocycles. The molecule has 0 aromatic carbocycles. The summed E-state index contributed by atoms with van der Waals surface area (Å²) >= 11 is 0. The number of carbonyl (C=O) groups is 2. The maximum absolute atomic E-state index is 11.6. The molecule has 154 valence electrons. The number of esters is 1. The Morgan fingerprint density at radius 1 is 1.08 bits per heavy atom. The molecule has 0 aliphatic carbocycles. The lowest BCUT2D eigenvalue weighted by atomic mass is 10.1. The molecule has 10 heteroatoms. The van der Waals surface area contributed by atoms with Crippen LogP contribution in [0.25, 0.3) is 0 Å². The molecule has 2 atom stereocenters. The number of amides is 1. The van der Waals surface area contributed by atoms with E-state index in [-0.39, 0.29) is 32.1 Å². The van der Waals surface area contributed by atoms with Gasteiger partial charge in [0, 0.05) is 19.4 Å². The van der Waals surface area contributed by atoms with E-state index in [0.29, 0.717) is 6.42 Å². The molecule has 0 bridgehead atoms. The maximum atomic E-state index is 11.6. The van der Waals surface area contributed by atoms with Crippen LogP contribution in [0.5, 0.6) is 0 Å². The highest BCUT2D eigenvalue weighted by Crippen LogP contribution is 2.42. The SMILES string of the molecule is CCCCCCCC(=O)OCC(O)COP(=O)(O)OCCNC(=O)CC. The number of carbonyl (C=O) groups excluding carboxylic acids is 2. The highest BCUT2D eigenvalue weighted by Gasteiger charge is 2.23. The Hall–Kier alpha value is -0.990. The summed E-state index contributed by atoms with van der Waals surface area (Å²) in [5.74, 6) is -0.625. The van der Waals surface area contributed by atoms with E-state index in [1.807, 2.05) is 0 Å². The molecular weight excluding hydrogens is 365 g/mol. The van der Waals surface area contributed by atoms with Gasteiger partial charge in [0.2, 0.25) is 5.91 Å². The predicted octanol–water partition coefficient (Wildman–Crippen LogP) is 1.91. The van der Waals surface area contributed by atoms with E-state index in [4.69, 9.17) is 4.74 Å². The van der Waals surface area contributed by atoms with E-state index in [1.165, 1.54) is 0 Å². The first-order valence-electron chi connectivity index (χ1n) is 9.03. The van der Waals surface area contributed by atoms with Gasteiger partial charge in [0.05, 0.1) is 13.2 Å².